The van der Waals surface area contributed by atoms with Crippen LogP contribution >= 0.6 is 0 Å². The third-order valence-corrected chi connectivity index (χ3v) is 4.06. The molecule has 20 heavy (non-hydrogen) atoms. The minimum Gasteiger partial charge on any atom is -0.480 e. The molecule has 6 nitrogen and oxygen atoms in total. The zero-order chi connectivity index (χ0) is 15.1. The zero-order valence-corrected chi connectivity index (χ0v) is 12.3. The number of carboxylic acid groups (broad SMARTS) is 1. The summed E-state index contributed by atoms with van der Waals surface area (Å²) in [5, 5.41) is 24.3. The summed E-state index contributed by atoms with van der Waals surface area (Å²) < 4.78 is 0. The summed E-state index contributed by atoms with van der Waals surface area (Å²) in [5.74, 6) is -1.17. The summed E-state index contributed by atoms with van der Waals surface area (Å²) in [5.41, 5.74) is 0. The fourth-order valence-corrected chi connectivity index (χ4v) is 2.49. The molecule has 0 radical (unpaired) electrons. The number of hydrogen-bond donors (Lipinski definition) is 4. The molecular weight excluding hydrogens is 260 g/mol. The number of hydrogen-bond acceptors (Lipinski definition) is 3. The van der Waals surface area contributed by atoms with E-state index in [4.69, 9.17) is 5.11 Å². The lowest BCUT2D eigenvalue weighted by atomic mass is 9.99. The summed E-state index contributed by atoms with van der Waals surface area (Å²) in [4.78, 5) is 23.1. The second-order valence-electron chi connectivity index (χ2n) is 5.63. The molecule has 0 heterocycles. The van der Waals surface area contributed by atoms with Gasteiger partial charge < -0.3 is 20.8 Å². The van der Waals surface area contributed by atoms with Gasteiger partial charge >= 0.3 is 12.0 Å². The number of carboxylic acids is 1. The van der Waals surface area contributed by atoms with E-state index >= 15 is 0 Å². The van der Waals surface area contributed by atoms with Crippen LogP contribution in [0, 0.1) is 5.92 Å². The molecule has 0 spiro atoms. The first-order valence-electron chi connectivity index (χ1n) is 7.43. The summed E-state index contributed by atoms with van der Waals surface area (Å²) in [7, 11) is 0. The first-order valence-corrected chi connectivity index (χ1v) is 7.43. The summed E-state index contributed by atoms with van der Waals surface area (Å²) in [6.45, 7) is 3.68. The quantitative estimate of drug-likeness (QED) is 0.575. The van der Waals surface area contributed by atoms with Crippen molar-refractivity contribution in [1.29, 1.82) is 0 Å². The fourth-order valence-electron chi connectivity index (χ4n) is 2.49. The maximum atomic E-state index is 11.9. The van der Waals surface area contributed by atoms with Gasteiger partial charge in [0, 0.05) is 0 Å². The molecule has 4 atom stereocenters. The van der Waals surface area contributed by atoms with E-state index in [0.717, 1.165) is 25.7 Å². The topological polar surface area (TPSA) is 98.7 Å². The standard InChI is InChI=1S/C14H26N2O4/c1-3-9(2)12(13(18)19)16-14(20)15-10-7-5-4-6-8-11(10)17/h9-12,17H,3-8H2,1-2H3,(H,18,19)(H2,15,16,20)/t9?,10?,11?,12-/m0/s1. The van der Waals surface area contributed by atoms with E-state index in [9.17, 15) is 14.7 Å². The SMILES string of the molecule is CCC(C)[C@H](NC(=O)NC1CCCCCC1O)C(=O)O. The van der Waals surface area contributed by atoms with Crippen molar-refractivity contribution in [3.05, 3.63) is 0 Å². The molecule has 116 valence electrons. The Hall–Kier alpha value is -1.30. The maximum Gasteiger partial charge on any atom is 0.326 e. The largest absolute Gasteiger partial charge is 0.480 e. The Morgan fingerprint density at radius 1 is 1.25 bits per heavy atom. The molecule has 0 aromatic heterocycles. The van der Waals surface area contributed by atoms with E-state index < -0.39 is 24.1 Å². The summed E-state index contributed by atoms with van der Waals surface area (Å²) in [6, 6.07) is -1.70. The van der Waals surface area contributed by atoms with Gasteiger partial charge in [0.1, 0.15) is 6.04 Å². The molecular formula is C14H26N2O4. The van der Waals surface area contributed by atoms with Crippen LogP contribution < -0.4 is 10.6 Å². The van der Waals surface area contributed by atoms with E-state index in [1.165, 1.54) is 0 Å². The first kappa shape index (κ1) is 16.8. The molecule has 0 aliphatic heterocycles. The Labute approximate surface area is 119 Å². The van der Waals surface area contributed by atoms with Gasteiger partial charge in [0.25, 0.3) is 0 Å². The predicted molar refractivity (Wildman–Crippen MR) is 75.4 cm³/mol. The number of aliphatic carboxylic acids is 1. The monoisotopic (exact) mass is 286 g/mol. The minimum atomic E-state index is -1.03. The van der Waals surface area contributed by atoms with Gasteiger partial charge in [0.15, 0.2) is 0 Å². The molecule has 6 heteroatoms. The molecule has 2 amide bonds. The van der Waals surface area contributed by atoms with Crippen molar-refractivity contribution in [2.24, 2.45) is 5.92 Å². The highest BCUT2D eigenvalue weighted by molar-refractivity contribution is 5.82. The van der Waals surface area contributed by atoms with Crippen LogP contribution in [0.5, 0.6) is 0 Å². The van der Waals surface area contributed by atoms with E-state index in [-0.39, 0.29) is 12.0 Å². The van der Waals surface area contributed by atoms with Crippen LogP contribution in [0.3, 0.4) is 0 Å². The number of aliphatic hydroxyl groups excluding tert-OH is 1. The molecule has 1 rings (SSSR count). The molecule has 1 fully saturated rings. The Balaban J connectivity index is 2.54. The van der Waals surface area contributed by atoms with Gasteiger partial charge in [-0.05, 0) is 18.8 Å². The van der Waals surface area contributed by atoms with E-state index in [1.807, 2.05) is 6.92 Å². The molecule has 1 aliphatic rings. The maximum absolute atomic E-state index is 11.9. The highest BCUT2D eigenvalue weighted by Gasteiger charge is 2.28. The Kier molecular flexibility index (Phi) is 6.78. The van der Waals surface area contributed by atoms with E-state index in [0.29, 0.717) is 12.8 Å². The molecule has 1 saturated carbocycles. The van der Waals surface area contributed by atoms with Crippen molar-refractivity contribution in [3.8, 4) is 0 Å². The fraction of sp³-hybridized carbons (Fsp3) is 0.857. The number of amides is 2. The molecule has 0 saturated heterocycles. The Morgan fingerprint density at radius 3 is 2.50 bits per heavy atom. The summed E-state index contributed by atoms with van der Waals surface area (Å²) in [6.07, 6.45) is 4.52. The number of aliphatic hydroxyl groups is 1. The van der Waals surface area contributed by atoms with Crippen LogP contribution in [-0.4, -0.2) is 40.4 Å². The third kappa shape index (κ3) is 5.00. The molecule has 0 bridgehead atoms. The van der Waals surface area contributed by atoms with Crippen LogP contribution in [0.2, 0.25) is 0 Å². The van der Waals surface area contributed by atoms with Crippen molar-refractivity contribution in [1.82, 2.24) is 10.6 Å². The van der Waals surface area contributed by atoms with Crippen molar-refractivity contribution < 1.29 is 19.8 Å². The Bertz CT molecular complexity index is 335. The molecule has 0 aromatic rings. The minimum absolute atomic E-state index is 0.141. The number of carbonyl (C=O) groups is 2. The average molecular weight is 286 g/mol. The van der Waals surface area contributed by atoms with Gasteiger partial charge in [-0.25, -0.2) is 9.59 Å². The average Bonchev–Trinajstić information content (AvgIpc) is 2.60. The number of carbonyl (C=O) groups excluding carboxylic acids is 1. The summed E-state index contributed by atoms with van der Waals surface area (Å²) >= 11 is 0. The normalized spacial score (nSPS) is 26.1. The van der Waals surface area contributed by atoms with Crippen LogP contribution in [0.1, 0.15) is 52.4 Å². The molecule has 3 unspecified atom stereocenters. The third-order valence-electron chi connectivity index (χ3n) is 4.06. The van der Waals surface area contributed by atoms with E-state index in [1.54, 1.807) is 6.92 Å². The van der Waals surface area contributed by atoms with Crippen LogP contribution in [-0.2, 0) is 4.79 Å². The second kappa shape index (κ2) is 8.09. The molecule has 4 N–H and O–H groups in total. The van der Waals surface area contributed by atoms with E-state index in [2.05, 4.69) is 10.6 Å². The lowest BCUT2D eigenvalue weighted by Gasteiger charge is -2.25. The molecule has 0 aromatic carbocycles. The number of rotatable bonds is 5. The zero-order valence-electron chi connectivity index (χ0n) is 12.3. The highest BCUT2D eigenvalue weighted by atomic mass is 16.4. The van der Waals surface area contributed by atoms with Crippen LogP contribution in [0.15, 0.2) is 0 Å². The van der Waals surface area contributed by atoms with Crippen LogP contribution in [0.25, 0.3) is 0 Å². The van der Waals surface area contributed by atoms with Crippen LogP contribution in [0.4, 0.5) is 4.79 Å². The van der Waals surface area contributed by atoms with Crippen molar-refractivity contribution in [2.45, 2.75) is 70.6 Å². The number of urea groups is 1. The van der Waals surface area contributed by atoms with Gasteiger partial charge in [-0.15, -0.1) is 0 Å². The second-order valence-corrected chi connectivity index (χ2v) is 5.63. The predicted octanol–water partition coefficient (Wildman–Crippen LogP) is 1.48. The van der Waals surface area contributed by atoms with Gasteiger partial charge in [-0.1, -0.05) is 39.5 Å². The molecule has 1 aliphatic carbocycles. The lowest BCUT2D eigenvalue weighted by Crippen LogP contribution is -2.53. The van der Waals surface area contributed by atoms with Crippen molar-refractivity contribution >= 4 is 12.0 Å². The highest BCUT2D eigenvalue weighted by Crippen LogP contribution is 2.18. The number of nitrogens with one attached hydrogen (secondary N) is 2. The van der Waals surface area contributed by atoms with Crippen molar-refractivity contribution in [2.75, 3.05) is 0 Å². The van der Waals surface area contributed by atoms with Gasteiger partial charge in [0.05, 0.1) is 12.1 Å². The lowest BCUT2D eigenvalue weighted by molar-refractivity contribution is -0.140. The van der Waals surface area contributed by atoms with Gasteiger partial charge in [-0.2, -0.15) is 0 Å². The van der Waals surface area contributed by atoms with Crippen molar-refractivity contribution in [3.63, 3.8) is 0 Å². The smallest absolute Gasteiger partial charge is 0.326 e. The Morgan fingerprint density at radius 2 is 1.90 bits per heavy atom. The van der Waals surface area contributed by atoms with Gasteiger partial charge in [0.2, 0.25) is 0 Å². The van der Waals surface area contributed by atoms with Gasteiger partial charge in [-0.3, -0.25) is 0 Å². The first-order chi connectivity index (χ1) is 9.45.